The van der Waals surface area contributed by atoms with Gasteiger partial charge >= 0.3 is 5.97 Å². The number of H-pyrrole nitrogens is 1. The van der Waals surface area contributed by atoms with Crippen LogP contribution in [0.15, 0.2) is 27.5 Å². The van der Waals surface area contributed by atoms with E-state index in [1.165, 1.54) is 6.07 Å². The first-order chi connectivity index (χ1) is 7.49. The summed E-state index contributed by atoms with van der Waals surface area (Å²) in [7, 11) is 0. The third-order valence-electron chi connectivity index (χ3n) is 2.10. The summed E-state index contributed by atoms with van der Waals surface area (Å²) >= 11 is 3.09. The van der Waals surface area contributed by atoms with Crippen molar-refractivity contribution in [3.05, 3.63) is 44.4 Å². The van der Waals surface area contributed by atoms with E-state index in [1.807, 2.05) is 0 Å². The lowest BCUT2D eigenvalue weighted by atomic mass is 10.1. The minimum Gasteiger partial charge on any atom is -0.477 e. The van der Waals surface area contributed by atoms with E-state index >= 15 is 0 Å². The largest absolute Gasteiger partial charge is 0.477 e. The van der Waals surface area contributed by atoms with E-state index < -0.39 is 22.9 Å². The van der Waals surface area contributed by atoms with Crippen LogP contribution in [0.5, 0.6) is 0 Å². The molecule has 16 heavy (non-hydrogen) atoms. The number of benzene rings is 1. The number of halogens is 2. The number of aromatic nitrogens is 1. The molecule has 0 amide bonds. The Morgan fingerprint density at radius 2 is 2.06 bits per heavy atom. The standard InChI is InChI=1S/C10H5BrFNO3/c11-7-3-5(12)1-4-2-6(10(15)16)9(14)13-8(4)7/h1-3H,(H,13,14)(H,15,16). The summed E-state index contributed by atoms with van der Waals surface area (Å²) in [5, 5.41) is 9.06. The number of hydrogen-bond acceptors (Lipinski definition) is 2. The van der Waals surface area contributed by atoms with Gasteiger partial charge in [-0.1, -0.05) is 0 Å². The molecule has 1 aromatic carbocycles. The minimum absolute atomic E-state index is 0.323. The third-order valence-corrected chi connectivity index (χ3v) is 2.72. The highest BCUT2D eigenvalue weighted by Crippen LogP contribution is 2.22. The van der Waals surface area contributed by atoms with Crippen molar-refractivity contribution in [2.75, 3.05) is 0 Å². The van der Waals surface area contributed by atoms with Gasteiger partial charge in [0.15, 0.2) is 0 Å². The Hall–Kier alpha value is -1.69. The van der Waals surface area contributed by atoms with E-state index in [1.54, 1.807) is 0 Å². The van der Waals surface area contributed by atoms with Crippen LogP contribution in [-0.4, -0.2) is 16.1 Å². The summed E-state index contributed by atoms with van der Waals surface area (Å²) in [4.78, 5) is 24.5. The number of rotatable bonds is 1. The van der Waals surface area contributed by atoms with Crippen LogP contribution in [0, 0.1) is 5.82 Å². The number of aromatic carboxylic acids is 1. The quantitative estimate of drug-likeness (QED) is 0.843. The average molecular weight is 286 g/mol. The van der Waals surface area contributed by atoms with E-state index in [0.29, 0.717) is 15.4 Å². The molecule has 1 aromatic heterocycles. The van der Waals surface area contributed by atoms with Crippen molar-refractivity contribution < 1.29 is 14.3 Å². The van der Waals surface area contributed by atoms with Gasteiger partial charge < -0.3 is 10.1 Å². The molecule has 4 nitrogen and oxygen atoms in total. The molecule has 2 aromatic rings. The lowest BCUT2D eigenvalue weighted by molar-refractivity contribution is 0.0695. The number of carboxylic acid groups (broad SMARTS) is 1. The van der Waals surface area contributed by atoms with Crippen LogP contribution in [-0.2, 0) is 0 Å². The third kappa shape index (κ3) is 1.71. The zero-order valence-corrected chi connectivity index (χ0v) is 9.34. The maximum atomic E-state index is 13.1. The summed E-state index contributed by atoms with van der Waals surface area (Å²) in [6, 6.07) is 3.49. The molecule has 2 rings (SSSR count). The van der Waals surface area contributed by atoms with Crippen molar-refractivity contribution in [3.8, 4) is 0 Å². The number of fused-ring (bicyclic) bond motifs is 1. The number of carboxylic acids is 1. The molecular formula is C10H5BrFNO3. The van der Waals surface area contributed by atoms with Crippen LogP contribution >= 0.6 is 15.9 Å². The zero-order chi connectivity index (χ0) is 11.9. The Morgan fingerprint density at radius 1 is 1.38 bits per heavy atom. The zero-order valence-electron chi connectivity index (χ0n) is 7.75. The van der Waals surface area contributed by atoms with E-state index in [-0.39, 0.29) is 0 Å². The van der Waals surface area contributed by atoms with Crippen LogP contribution in [0.1, 0.15) is 10.4 Å². The molecule has 0 aliphatic heterocycles. The second-order valence-corrected chi connectivity index (χ2v) is 4.02. The highest BCUT2D eigenvalue weighted by Gasteiger charge is 2.11. The predicted molar refractivity (Wildman–Crippen MR) is 59.2 cm³/mol. The van der Waals surface area contributed by atoms with Gasteiger partial charge in [-0.3, -0.25) is 4.79 Å². The number of nitrogens with one attached hydrogen (secondary N) is 1. The maximum Gasteiger partial charge on any atom is 0.341 e. The summed E-state index contributed by atoms with van der Waals surface area (Å²) in [6.45, 7) is 0. The summed E-state index contributed by atoms with van der Waals surface area (Å²) in [5.74, 6) is -1.86. The van der Waals surface area contributed by atoms with Crippen LogP contribution in [0.4, 0.5) is 4.39 Å². The van der Waals surface area contributed by atoms with Crippen molar-refractivity contribution in [3.63, 3.8) is 0 Å². The van der Waals surface area contributed by atoms with Crippen molar-refractivity contribution in [2.24, 2.45) is 0 Å². The first-order valence-electron chi connectivity index (χ1n) is 4.24. The second kappa shape index (κ2) is 3.71. The lowest BCUT2D eigenvalue weighted by Crippen LogP contribution is -2.17. The molecule has 6 heteroatoms. The molecule has 82 valence electrons. The van der Waals surface area contributed by atoms with E-state index in [9.17, 15) is 14.0 Å². The van der Waals surface area contributed by atoms with Gasteiger partial charge in [0.05, 0.1) is 5.52 Å². The topological polar surface area (TPSA) is 70.2 Å². The predicted octanol–water partition coefficient (Wildman–Crippen LogP) is 2.13. The molecule has 0 bridgehead atoms. The second-order valence-electron chi connectivity index (χ2n) is 3.17. The molecule has 0 aliphatic rings. The first kappa shape index (κ1) is 10.8. The smallest absolute Gasteiger partial charge is 0.341 e. The van der Waals surface area contributed by atoms with Gasteiger partial charge in [-0.2, -0.15) is 0 Å². The highest BCUT2D eigenvalue weighted by molar-refractivity contribution is 9.10. The van der Waals surface area contributed by atoms with Crippen molar-refractivity contribution in [2.45, 2.75) is 0 Å². The molecule has 2 N–H and O–H groups in total. The van der Waals surface area contributed by atoms with Gasteiger partial charge in [0.2, 0.25) is 0 Å². The number of pyridine rings is 1. The monoisotopic (exact) mass is 285 g/mol. The first-order valence-corrected chi connectivity index (χ1v) is 5.03. The fourth-order valence-corrected chi connectivity index (χ4v) is 1.95. The Kier molecular flexibility index (Phi) is 2.51. The van der Waals surface area contributed by atoms with Crippen molar-refractivity contribution in [1.29, 1.82) is 0 Å². The van der Waals surface area contributed by atoms with Crippen LogP contribution in [0.3, 0.4) is 0 Å². The number of carbonyl (C=O) groups is 1. The Morgan fingerprint density at radius 3 is 2.69 bits per heavy atom. The van der Waals surface area contributed by atoms with Crippen molar-refractivity contribution in [1.82, 2.24) is 4.98 Å². The van der Waals surface area contributed by atoms with Gasteiger partial charge in [0.25, 0.3) is 5.56 Å². The average Bonchev–Trinajstić information content (AvgIpc) is 2.18. The lowest BCUT2D eigenvalue weighted by Gasteiger charge is -2.02. The molecule has 0 unspecified atom stereocenters. The van der Waals surface area contributed by atoms with Crippen LogP contribution in [0.2, 0.25) is 0 Å². The Bertz CT molecular complexity index is 650. The summed E-state index contributed by atoms with van der Waals surface area (Å²) in [5.41, 5.74) is -0.756. The molecule has 0 fully saturated rings. The molecular weight excluding hydrogens is 281 g/mol. The summed E-state index contributed by atoms with van der Waals surface area (Å²) < 4.78 is 13.4. The fraction of sp³-hybridized carbons (Fsp3) is 0. The fourth-order valence-electron chi connectivity index (χ4n) is 1.40. The molecule has 0 spiro atoms. The molecule has 0 saturated heterocycles. The molecule has 1 heterocycles. The molecule has 0 saturated carbocycles. The molecule has 0 radical (unpaired) electrons. The number of aromatic amines is 1. The maximum absolute atomic E-state index is 13.1. The summed E-state index contributed by atoms with van der Waals surface area (Å²) in [6.07, 6.45) is 0. The SMILES string of the molecule is O=C(O)c1cc2cc(F)cc(Br)c2[nH]c1=O. The van der Waals surface area contributed by atoms with Crippen LogP contribution < -0.4 is 5.56 Å². The molecule has 0 atom stereocenters. The Balaban J connectivity index is 2.90. The van der Waals surface area contributed by atoms with Crippen LogP contribution in [0.25, 0.3) is 10.9 Å². The highest BCUT2D eigenvalue weighted by atomic mass is 79.9. The van der Waals surface area contributed by atoms with E-state index in [2.05, 4.69) is 20.9 Å². The number of hydrogen-bond donors (Lipinski definition) is 2. The van der Waals surface area contributed by atoms with Gasteiger partial charge in [0.1, 0.15) is 11.4 Å². The minimum atomic E-state index is -1.34. The van der Waals surface area contributed by atoms with E-state index in [0.717, 1.165) is 12.1 Å². The Labute approximate surface area is 96.8 Å². The van der Waals surface area contributed by atoms with Crippen molar-refractivity contribution >= 4 is 32.8 Å². The molecule has 0 aliphatic carbocycles. The van der Waals surface area contributed by atoms with E-state index in [4.69, 9.17) is 5.11 Å². The normalized spacial score (nSPS) is 10.6. The van der Waals surface area contributed by atoms with Gasteiger partial charge in [0, 0.05) is 9.86 Å². The van der Waals surface area contributed by atoms with Gasteiger partial charge in [-0.05, 0) is 34.1 Å². The van der Waals surface area contributed by atoms with Gasteiger partial charge in [-0.15, -0.1) is 0 Å². The van der Waals surface area contributed by atoms with Gasteiger partial charge in [-0.25, -0.2) is 9.18 Å².